The second-order valence-electron chi connectivity index (χ2n) is 6.94. The molecule has 0 rings (SSSR count). The summed E-state index contributed by atoms with van der Waals surface area (Å²) in [6.45, 7) is 12.6. The molecule has 0 radical (unpaired) electrons. The van der Waals surface area contributed by atoms with Crippen LogP contribution in [0.1, 0.15) is 47.5 Å². The van der Waals surface area contributed by atoms with Crippen LogP contribution in [0.25, 0.3) is 0 Å². The van der Waals surface area contributed by atoms with Crippen LogP contribution in [-0.2, 0) is 9.47 Å². The smallest absolute Gasteiger partial charge is 0.407 e. The van der Waals surface area contributed by atoms with Gasteiger partial charge in [-0.25, -0.2) is 4.79 Å². The molecular formula is C16H34N2O3. The summed E-state index contributed by atoms with van der Waals surface area (Å²) in [5.74, 6) is 0.391. The fraction of sp³-hybridized carbons (Fsp3) is 0.938. The minimum Gasteiger partial charge on any atom is -0.444 e. The first-order chi connectivity index (χ1) is 9.65. The molecule has 0 heterocycles. The normalized spacial score (nSPS) is 13.6. The number of likely N-dealkylation sites (N-methyl/N-ethyl adjacent to an activating group) is 1. The van der Waals surface area contributed by atoms with Gasteiger partial charge < -0.3 is 19.7 Å². The molecule has 0 saturated heterocycles. The molecule has 0 fully saturated rings. The molecular weight excluding hydrogens is 268 g/mol. The molecule has 0 aromatic rings. The zero-order chi connectivity index (χ0) is 16.5. The number of ether oxygens (including phenoxy) is 2. The van der Waals surface area contributed by atoms with Crippen LogP contribution in [-0.4, -0.2) is 56.5 Å². The standard InChI is InChI=1S/C16H34N2O3/c1-13(2)14(17-15(19)21-16(3,4)5)9-8-10-18(6)11-12-20-7/h13-14H,8-12H2,1-7H3,(H,17,19)/t14-/m1/s1. The van der Waals surface area contributed by atoms with E-state index in [9.17, 15) is 4.79 Å². The van der Waals surface area contributed by atoms with Gasteiger partial charge in [-0.05, 0) is 53.1 Å². The van der Waals surface area contributed by atoms with E-state index in [4.69, 9.17) is 9.47 Å². The zero-order valence-corrected chi connectivity index (χ0v) is 14.9. The highest BCUT2D eigenvalue weighted by Gasteiger charge is 2.21. The van der Waals surface area contributed by atoms with Crippen LogP contribution in [0.15, 0.2) is 0 Å². The van der Waals surface area contributed by atoms with E-state index in [2.05, 4.69) is 31.1 Å². The van der Waals surface area contributed by atoms with E-state index in [1.54, 1.807) is 7.11 Å². The van der Waals surface area contributed by atoms with E-state index in [1.165, 1.54) is 0 Å². The van der Waals surface area contributed by atoms with Crippen molar-refractivity contribution < 1.29 is 14.3 Å². The number of carbonyl (C=O) groups excluding carboxylic acids is 1. The number of nitrogens with zero attached hydrogens (tertiary/aromatic N) is 1. The first-order valence-electron chi connectivity index (χ1n) is 7.82. The Balaban J connectivity index is 4.11. The molecule has 0 unspecified atom stereocenters. The number of methoxy groups -OCH3 is 1. The van der Waals surface area contributed by atoms with Gasteiger partial charge in [-0.2, -0.15) is 0 Å². The summed E-state index contributed by atoms with van der Waals surface area (Å²) in [7, 11) is 3.80. The number of hydrogen-bond donors (Lipinski definition) is 1. The highest BCUT2D eigenvalue weighted by molar-refractivity contribution is 5.68. The molecule has 0 aliphatic heterocycles. The molecule has 0 aromatic carbocycles. The number of amides is 1. The SMILES string of the molecule is COCCN(C)CCC[C@@H](NC(=O)OC(C)(C)C)C(C)C. The van der Waals surface area contributed by atoms with Gasteiger partial charge >= 0.3 is 6.09 Å². The topological polar surface area (TPSA) is 50.8 Å². The van der Waals surface area contributed by atoms with E-state index >= 15 is 0 Å². The Labute approximate surface area is 130 Å². The van der Waals surface area contributed by atoms with Gasteiger partial charge in [0.15, 0.2) is 0 Å². The molecule has 1 N–H and O–H groups in total. The molecule has 1 atom stereocenters. The van der Waals surface area contributed by atoms with Gasteiger partial charge in [-0.1, -0.05) is 13.8 Å². The van der Waals surface area contributed by atoms with Crippen molar-refractivity contribution in [3.8, 4) is 0 Å². The molecule has 0 aromatic heterocycles. The Hall–Kier alpha value is -0.810. The lowest BCUT2D eigenvalue weighted by molar-refractivity contribution is 0.0485. The van der Waals surface area contributed by atoms with E-state index < -0.39 is 5.60 Å². The van der Waals surface area contributed by atoms with Crippen LogP contribution < -0.4 is 5.32 Å². The predicted molar refractivity (Wildman–Crippen MR) is 86.6 cm³/mol. The van der Waals surface area contributed by atoms with Gasteiger partial charge in [0.05, 0.1) is 6.61 Å². The average Bonchev–Trinajstić information content (AvgIpc) is 2.32. The number of hydrogen-bond acceptors (Lipinski definition) is 4. The lowest BCUT2D eigenvalue weighted by atomic mass is 9.99. The highest BCUT2D eigenvalue weighted by atomic mass is 16.6. The Kier molecular flexibility index (Phi) is 9.62. The Morgan fingerprint density at radius 2 is 1.86 bits per heavy atom. The van der Waals surface area contributed by atoms with Gasteiger partial charge in [0, 0.05) is 19.7 Å². The largest absolute Gasteiger partial charge is 0.444 e. The van der Waals surface area contributed by atoms with Crippen LogP contribution in [0, 0.1) is 5.92 Å². The van der Waals surface area contributed by atoms with Crippen LogP contribution >= 0.6 is 0 Å². The molecule has 0 aliphatic rings. The average molecular weight is 302 g/mol. The third-order valence-corrected chi connectivity index (χ3v) is 3.24. The molecule has 0 saturated carbocycles. The van der Waals surface area contributed by atoms with Crippen molar-refractivity contribution in [1.82, 2.24) is 10.2 Å². The van der Waals surface area contributed by atoms with Crippen molar-refractivity contribution in [1.29, 1.82) is 0 Å². The monoisotopic (exact) mass is 302 g/mol. The van der Waals surface area contributed by atoms with Gasteiger partial charge in [0.2, 0.25) is 0 Å². The third kappa shape index (κ3) is 11.5. The second-order valence-corrected chi connectivity index (χ2v) is 6.94. The summed E-state index contributed by atoms with van der Waals surface area (Å²) in [6.07, 6.45) is 1.67. The lowest BCUT2D eigenvalue weighted by Crippen LogP contribution is -2.42. The molecule has 0 bridgehead atoms. The number of carbonyl (C=O) groups is 1. The predicted octanol–water partition coefficient (Wildman–Crippen LogP) is 2.89. The summed E-state index contributed by atoms with van der Waals surface area (Å²) in [6, 6.07) is 0.149. The summed E-state index contributed by atoms with van der Waals surface area (Å²) < 4.78 is 10.4. The summed E-state index contributed by atoms with van der Waals surface area (Å²) in [5, 5.41) is 2.99. The molecule has 5 nitrogen and oxygen atoms in total. The quantitative estimate of drug-likeness (QED) is 0.711. The van der Waals surface area contributed by atoms with Crippen molar-refractivity contribution >= 4 is 6.09 Å². The van der Waals surface area contributed by atoms with Crippen LogP contribution in [0.3, 0.4) is 0 Å². The third-order valence-electron chi connectivity index (χ3n) is 3.24. The first-order valence-corrected chi connectivity index (χ1v) is 7.82. The van der Waals surface area contributed by atoms with E-state index in [0.29, 0.717) is 5.92 Å². The van der Waals surface area contributed by atoms with Crippen molar-refractivity contribution in [2.45, 2.75) is 59.1 Å². The molecule has 0 spiro atoms. The molecule has 126 valence electrons. The second kappa shape index (κ2) is 10.0. The Morgan fingerprint density at radius 3 is 2.33 bits per heavy atom. The van der Waals surface area contributed by atoms with E-state index in [0.717, 1.165) is 32.5 Å². The molecule has 1 amide bonds. The van der Waals surface area contributed by atoms with Crippen LogP contribution in [0.2, 0.25) is 0 Å². The minimum atomic E-state index is -0.452. The fourth-order valence-electron chi connectivity index (χ4n) is 1.97. The van der Waals surface area contributed by atoms with Crippen LogP contribution in [0.5, 0.6) is 0 Å². The zero-order valence-electron chi connectivity index (χ0n) is 14.9. The Morgan fingerprint density at radius 1 is 1.24 bits per heavy atom. The summed E-state index contributed by atoms with van der Waals surface area (Å²) in [5.41, 5.74) is -0.452. The van der Waals surface area contributed by atoms with Crippen molar-refractivity contribution in [2.24, 2.45) is 5.92 Å². The van der Waals surface area contributed by atoms with Crippen molar-refractivity contribution in [2.75, 3.05) is 33.9 Å². The maximum absolute atomic E-state index is 11.9. The molecule has 21 heavy (non-hydrogen) atoms. The lowest BCUT2D eigenvalue weighted by Gasteiger charge is -2.26. The Bertz CT molecular complexity index is 288. The van der Waals surface area contributed by atoms with E-state index in [-0.39, 0.29) is 12.1 Å². The van der Waals surface area contributed by atoms with Gasteiger partial charge in [0.1, 0.15) is 5.60 Å². The van der Waals surface area contributed by atoms with E-state index in [1.807, 2.05) is 20.8 Å². The summed E-state index contributed by atoms with van der Waals surface area (Å²) >= 11 is 0. The van der Waals surface area contributed by atoms with Gasteiger partial charge in [-0.3, -0.25) is 0 Å². The molecule has 0 aliphatic carbocycles. The van der Waals surface area contributed by atoms with Gasteiger partial charge in [0.25, 0.3) is 0 Å². The first kappa shape index (κ1) is 20.2. The van der Waals surface area contributed by atoms with Crippen molar-refractivity contribution in [3.05, 3.63) is 0 Å². The maximum Gasteiger partial charge on any atom is 0.407 e. The number of nitrogens with one attached hydrogen (secondary N) is 1. The molecule has 5 heteroatoms. The summed E-state index contributed by atoms with van der Waals surface area (Å²) in [4.78, 5) is 14.1. The maximum atomic E-state index is 11.9. The number of rotatable bonds is 9. The number of alkyl carbamates (subject to hydrolysis) is 1. The van der Waals surface area contributed by atoms with Gasteiger partial charge in [-0.15, -0.1) is 0 Å². The minimum absolute atomic E-state index is 0.149. The van der Waals surface area contributed by atoms with Crippen LogP contribution in [0.4, 0.5) is 4.79 Å². The van der Waals surface area contributed by atoms with Crippen molar-refractivity contribution in [3.63, 3.8) is 0 Å². The fourth-order valence-corrected chi connectivity index (χ4v) is 1.97. The highest BCUT2D eigenvalue weighted by Crippen LogP contribution is 2.12.